The molecule has 39 heavy (non-hydrogen) atoms. The monoisotopic (exact) mass is 551 g/mol. The highest BCUT2D eigenvalue weighted by Crippen LogP contribution is 2.42. The van der Waals surface area contributed by atoms with E-state index in [1.807, 2.05) is 48.5 Å². The van der Waals surface area contributed by atoms with Gasteiger partial charge in [-0.1, -0.05) is 67.2 Å². The van der Waals surface area contributed by atoms with Crippen molar-refractivity contribution >= 4 is 23.6 Å². The molecule has 4 rings (SSSR count). The van der Waals surface area contributed by atoms with Gasteiger partial charge in [-0.15, -0.1) is 0 Å². The minimum Gasteiger partial charge on any atom is -0.453 e. The van der Waals surface area contributed by atoms with Gasteiger partial charge in [-0.2, -0.15) is 0 Å². The van der Waals surface area contributed by atoms with Gasteiger partial charge in [0.25, 0.3) is 5.91 Å². The number of amides is 1. The van der Waals surface area contributed by atoms with E-state index in [9.17, 15) is 14.7 Å². The van der Waals surface area contributed by atoms with Crippen LogP contribution < -0.4 is 5.32 Å². The summed E-state index contributed by atoms with van der Waals surface area (Å²) in [7, 11) is 0. The van der Waals surface area contributed by atoms with E-state index in [2.05, 4.69) is 22.2 Å². The first-order chi connectivity index (χ1) is 18.8. The number of aliphatic hydroxyl groups is 1. The largest absolute Gasteiger partial charge is 0.453 e. The Morgan fingerprint density at radius 2 is 1.67 bits per heavy atom. The fraction of sp³-hybridized carbons (Fsp3) is 0.379. The van der Waals surface area contributed by atoms with Crippen LogP contribution in [0.15, 0.2) is 72.1 Å². The smallest absolute Gasteiger partial charge is 0.303 e. The third-order valence-electron chi connectivity index (χ3n) is 6.47. The average molecular weight is 552 g/mol. The molecule has 0 spiro atoms. The van der Waals surface area contributed by atoms with E-state index in [4.69, 9.17) is 14.2 Å². The van der Waals surface area contributed by atoms with Gasteiger partial charge in [0.15, 0.2) is 17.6 Å². The maximum atomic E-state index is 12.2. The van der Waals surface area contributed by atoms with Crippen molar-refractivity contribution in [2.45, 2.75) is 63.7 Å². The molecule has 0 aliphatic carbocycles. The molecule has 9 nitrogen and oxygen atoms in total. The maximum Gasteiger partial charge on any atom is 0.303 e. The first-order valence-corrected chi connectivity index (χ1v) is 13.8. The molecule has 10 heteroatoms. The molecule has 0 radical (unpaired) electrons. The Hall–Kier alpha value is -3.31. The lowest BCUT2D eigenvalue weighted by Crippen LogP contribution is -2.38. The van der Waals surface area contributed by atoms with E-state index in [-0.39, 0.29) is 30.6 Å². The van der Waals surface area contributed by atoms with Crippen molar-refractivity contribution in [3.63, 3.8) is 0 Å². The average Bonchev–Trinajstić information content (AvgIpc) is 2.96. The molecular weight excluding hydrogens is 518 g/mol. The quantitative estimate of drug-likeness (QED) is 0.218. The fourth-order valence-corrected chi connectivity index (χ4v) is 5.22. The summed E-state index contributed by atoms with van der Waals surface area (Å²) in [6, 6.07) is 17.2. The zero-order chi connectivity index (χ0) is 27.8. The summed E-state index contributed by atoms with van der Waals surface area (Å²) < 4.78 is 17.9. The lowest BCUT2D eigenvalue weighted by Gasteiger charge is -2.41. The molecular formula is C29H33N3O6S. The van der Waals surface area contributed by atoms with Gasteiger partial charge >= 0.3 is 5.97 Å². The van der Waals surface area contributed by atoms with Crippen LogP contribution >= 0.6 is 11.8 Å². The molecule has 1 aromatic heterocycles. The number of aliphatic hydroxyl groups excluding tert-OH is 1. The third-order valence-corrected chi connectivity index (χ3v) is 7.44. The van der Waals surface area contributed by atoms with E-state index >= 15 is 0 Å². The number of hydrogen-bond acceptors (Lipinski definition) is 9. The van der Waals surface area contributed by atoms with E-state index in [1.54, 1.807) is 30.2 Å². The SMILES string of the molecule is CC(=O)O[C@@H](C)C(=O)NCc1ccc([C@@H]2O[C@H](CSc3ncccn3)[C@H](C)[C@H](c3ccc(CO)cc3)O2)cc1. The summed E-state index contributed by atoms with van der Waals surface area (Å²) in [5, 5.41) is 12.9. The number of nitrogens with zero attached hydrogens (tertiary/aromatic N) is 2. The van der Waals surface area contributed by atoms with Crippen molar-refractivity contribution in [2.75, 3.05) is 5.75 Å². The first kappa shape index (κ1) is 28.7. The number of thioether (sulfide) groups is 1. The molecule has 2 heterocycles. The second-order valence-electron chi connectivity index (χ2n) is 9.38. The highest BCUT2D eigenvalue weighted by atomic mass is 32.2. The lowest BCUT2D eigenvalue weighted by atomic mass is 9.91. The number of aromatic nitrogens is 2. The number of rotatable bonds is 10. The number of carbonyl (C=O) groups is 2. The van der Waals surface area contributed by atoms with Crippen LogP contribution in [0.25, 0.3) is 0 Å². The van der Waals surface area contributed by atoms with Crippen LogP contribution in [0.4, 0.5) is 0 Å². The summed E-state index contributed by atoms with van der Waals surface area (Å²) >= 11 is 1.54. The van der Waals surface area contributed by atoms with Crippen LogP contribution in [0.3, 0.4) is 0 Å². The number of carbonyl (C=O) groups excluding carboxylic acids is 2. The van der Waals surface area contributed by atoms with Crippen molar-refractivity contribution in [3.8, 4) is 0 Å². The Labute approximate surface area is 232 Å². The number of benzene rings is 2. The van der Waals surface area contributed by atoms with Gasteiger partial charge in [-0.3, -0.25) is 9.59 Å². The zero-order valence-corrected chi connectivity index (χ0v) is 23.0. The zero-order valence-electron chi connectivity index (χ0n) is 22.2. The van der Waals surface area contributed by atoms with Crippen LogP contribution in [-0.4, -0.2) is 44.9 Å². The Balaban J connectivity index is 1.47. The molecule has 2 N–H and O–H groups in total. The van der Waals surface area contributed by atoms with Crippen LogP contribution in [-0.2, 0) is 37.0 Å². The fourth-order valence-electron chi connectivity index (χ4n) is 4.25. The molecule has 3 aromatic rings. The number of nitrogens with one attached hydrogen (secondary N) is 1. The molecule has 1 amide bonds. The van der Waals surface area contributed by atoms with Crippen molar-refractivity contribution < 1.29 is 28.9 Å². The van der Waals surface area contributed by atoms with E-state index in [1.165, 1.54) is 13.8 Å². The summed E-state index contributed by atoms with van der Waals surface area (Å²) in [5.74, 6) is -0.161. The first-order valence-electron chi connectivity index (χ1n) is 12.8. The third kappa shape index (κ3) is 7.86. The summed E-state index contributed by atoms with van der Waals surface area (Å²) in [5.41, 5.74) is 3.59. The molecule has 1 saturated heterocycles. The van der Waals surface area contributed by atoms with Crippen LogP contribution in [0.1, 0.15) is 55.4 Å². The predicted octanol–water partition coefficient (Wildman–Crippen LogP) is 4.12. The minimum absolute atomic E-state index is 0.0150. The molecule has 1 aliphatic rings. The summed E-state index contributed by atoms with van der Waals surface area (Å²) in [6.45, 7) is 5.20. The molecule has 0 unspecified atom stereocenters. The second kappa shape index (κ2) is 13.7. The van der Waals surface area contributed by atoms with E-state index in [0.29, 0.717) is 17.5 Å². The van der Waals surface area contributed by atoms with Gasteiger partial charge in [0, 0.05) is 43.1 Å². The molecule has 1 aliphatic heterocycles. The molecule has 5 atom stereocenters. The van der Waals surface area contributed by atoms with Crippen molar-refractivity contribution in [2.24, 2.45) is 5.92 Å². The van der Waals surface area contributed by atoms with Crippen LogP contribution in [0.5, 0.6) is 0 Å². The van der Waals surface area contributed by atoms with Crippen LogP contribution in [0, 0.1) is 5.92 Å². The standard InChI is InChI=1S/C29H33N3O6S/c1-18-25(17-39-29-30-13-4-14-31-29)37-28(38-26(18)23-9-7-22(16-33)8-10-23)24-11-5-21(6-12-24)15-32-27(35)19(2)36-20(3)34/h4-14,18-19,25-26,28,33H,15-17H2,1-3H3,(H,32,35)/t18-,19-,25+,26+,28+/m0/s1. The molecule has 0 bridgehead atoms. The highest BCUT2D eigenvalue weighted by molar-refractivity contribution is 7.99. The predicted molar refractivity (Wildman–Crippen MR) is 145 cm³/mol. The second-order valence-corrected chi connectivity index (χ2v) is 10.4. The van der Waals surface area contributed by atoms with E-state index in [0.717, 1.165) is 22.3 Å². The van der Waals surface area contributed by atoms with Crippen molar-refractivity contribution in [1.82, 2.24) is 15.3 Å². The molecule has 0 saturated carbocycles. The minimum atomic E-state index is -0.854. The summed E-state index contributed by atoms with van der Waals surface area (Å²) in [4.78, 5) is 31.9. The maximum absolute atomic E-state index is 12.2. The molecule has 206 valence electrons. The van der Waals surface area contributed by atoms with Crippen LogP contribution in [0.2, 0.25) is 0 Å². The van der Waals surface area contributed by atoms with Gasteiger partial charge in [0.05, 0.1) is 18.8 Å². The van der Waals surface area contributed by atoms with Crippen molar-refractivity contribution in [3.05, 3.63) is 89.2 Å². The lowest BCUT2D eigenvalue weighted by molar-refractivity contribution is -0.268. The molecule has 1 fully saturated rings. The van der Waals surface area contributed by atoms with Gasteiger partial charge in [-0.25, -0.2) is 9.97 Å². The van der Waals surface area contributed by atoms with Crippen molar-refractivity contribution in [1.29, 1.82) is 0 Å². The number of hydrogen-bond donors (Lipinski definition) is 2. The summed E-state index contributed by atoms with van der Waals surface area (Å²) in [6.07, 6.45) is 1.63. The number of esters is 1. The normalized spacial score (nSPS) is 21.6. The van der Waals surface area contributed by atoms with Gasteiger partial charge in [-0.05, 0) is 29.7 Å². The van der Waals surface area contributed by atoms with Gasteiger partial charge < -0.3 is 24.6 Å². The highest BCUT2D eigenvalue weighted by Gasteiger charge is 2.38. The Morgan fingerprint density at radius 3 is 2.31 bits per heavy atom. The van der Waals surface area contributed by atoms with Gasteiger partial charge in [0.2, 0.25) is 0 Å². The Bertz CT molecular complexity index is 1230. The van der Waals surface area contributed by atoms with Gasteiger partial charge in [0.1, 0.15) is 0 Å². The van der Waals surface area contributed by atoms with E-state index < -0.39 is 18.4 Å². The topological polar surface area (TPSA) is 120 Å². The number of ether oxygens (including phenoxy) is 3. The Kier molecular flexibility index (Phi) is 10.0. The molecule has 2 aromatic carbocycles. The Morgan fingerprint density at radius 1 is 1.03 bits per heavy atom.